The van der Waals surface area contributed by atoms with Gasteiger partial charge in [-0.2, -0.15) is 0 Å². The van der Waals surface area contributed by atoms with Crippen molar-refractivity contribution in [1.29, 1.82) is 0 Å². The van der Waals surface area contributed by atoms with E-state index < -0.39 is 15.6 Å². The summed E-state index contributed by atoms with van der Waals surface area (Å²) in [6, 6.07) is 6.26. The summed E-state index contributed by atoms with van der Waals surface area (Å²) < 4.78 is 38.0. The van der Waals surface area contributed by atoms with Crippen LogP contribution in [-0.2, 0) is 20.4 Å². The molecule has 1 atom stereocenters. The second-order valence-electron chi connectivity index (χ2n) is 6.89. The lowest BCUT2D eigenvalue weighted by atomic mass is 9.71. The minimum absolute atomic E-state index is 0.104. The van der Waals surface area contributed by atoms with Gasteiger partial charge in [0.15, 0.2) is 0 Å². The minimum atomic E-state index is -3.27. The summed E-state index contributed by atoms with van der Waals surface area (Å²) in [5.41, 5.74) is 0.484. The van der Waals surface area contributed by atoms with Crippen LogP contribution in [-0.4, -0.2) is 38.0 Å². The maximum absolute atomic E-state index is 13.2. The fourth-order valence-corrected chi connectivity index (χ4v) is 4.49. The van der Waals surface area contributed by atoms with Gasteiger partial charge < -0.3 is 5.32 Å². The number of sulfonamides is 1. The molecule has 1 saturated carbocycles. The van der Waals surface area contributed by atoms with Gasteiger partial charge in [-0.15, -0.1) is 0 Å². The average Bonchev–Trinajstić information content (AvgIpc) is 2.51. The van der Waals surface area contributed by atoms with Crippen molar-refractivity contribution in [2.45, 2.75) is 37.6 Å². The number of carbonyl (C=O) groups excluding carboxylic acids is 1. The zero-order valence-electron chi connectivity index (χ0n) is 13.8. The van der Waals surface area contributed by atoms with Gasteiger partial charge in [-0.1, -0.05) is 12.1 Å². The first-order valence-electron chi connectivity index (χ1n) is 8.33. The van der Waals surface area contributed by atoms with Crippen LogP contribution in [0, 0.1) is 11.7 Å². The molecule has 7 heteroatoms. The second kappa shape index (κ2) is 6.44. The number of hydrogen-bond acceptors (Lipinski definition) is 3. The highest BCUT2D eigenvalue weighted by Gasteiger charge is 2.42. The Labute approximate surface area is 142 Å². The first-order chi connectivity index (χ1) is 11.3. The van der Waals surface area contributed by atoms with Crippen molar-refractivity contribution in [2.75, 3.05) is 19.3 Å². The van der Waals surface area contributed by atoms with Gasteiger partial charge in [0, 0.05) is 13.1 Å². The Morgan fingerprint density at radius 1 is 1.25 bits per heavy atom. The first-order valence-corrected chi connectivity index (χ1v) is 10.2. The van der Waals surface area contributed by atoms with Crippen LogP contribution in [0.4, 0.5) is 4.39 Å². The maximum atomic E-state index is 13.2. The molecule has 1 aliphatic carbocycles. The Balaban J connectivity index is 1.72. The predicted octanol–water partition coefficient (Wildman–Crippen LogP) is 1.99. The molecule has 0 spiro atoms. The zero-order chi connectivity index (χ0) is 17.4. The monoisotopic (exact) mass is 354 g/mol. The molecule has 5 nitrogen and oxygen atoms in total. The molecule has 2 fully saturated rings. The topological polar surface area (TPSA) is 66.5 Å². The predicted molar refractivity (Wildman–Crippen MR) is 89.2 cm³/mol. The van der Waals surface area contributed by atoms with E-state index in [4.69, 9.17) is 0 Å². The standard InChI is InChI=1S/C17H23FN2O3S/c1-24(22,23)20-11-2-4-13(12-20)16(21)19-17(9-3-10-17)14-5-7-15(18)8-6-14/h5-8,13H,2-4,9-12H2,1H3,(H,19,21)/t13-/m1/s1. The molecule has 1 aromatic rings. The van der Waals surface area contributed by atoms with Crippen molar-refractivity contribution in [3.05, 3.63) is 35.6 Å². The van der Waals surface area contributed by atoms with Crippen LogP contribution in [0.1, 0.15) is 37.7 Å². The molecular formula is C17H23FN2O3S. The maximum Gasteiger partial charge on any atom is 0.225 e. The molecule has 132 valence electrons. The number of hydrogen-bond donors (Lipinski definition) is 1. The van der Waals surface area contributed by atoms with Gasteiger partial charge in [0.1, 0.15) is 5.82 Å². The van der Waals surface area contributed by atoms with Crippen molar-refractivity contribution < 1.29 is 17.6 Å². The fraction of sp³-hybridized carbons (Fsp3) is 0.588. The second-order valence-corrected chi connectivity index (χ2v) is 8.87. The van der Waals surface area contributed by atoms with E-state index in [1.807, 2.05) is 0 Å². The third-order valence-electron chi connectivity index (χ3n) is 5.19. The quantitative estimate of drug-likeness (QED) is 0.899. The van der Waals surface area contributed by atoms with Crippen LogP contribution >= 0.6 is 0 Å². The molecule has 1 amide bonds. The summed E-state index contributed by atoms with van der Waals surface area (Å²) in [5, 5.41) is 3.12. The number of amides is 1. The Hall–Kier alpha value is -1.47. The van der Waals surface area contributed by atoms with Crippen molar-refractivity contribution in [3.63, 3.8) is 0 Å². The molecular weight excluding hydrogens is 331 g/mol. The summed E-state index contributed by atoms with van der Waals surface area (Å²) in [6.07, 6.45) is 5.23. The van der Waals surface area contributed by atoms with E-state index in [1.165, 1.54) is 22.7 Å². The molecule has 2 aliphatic rings. The first kappa shape index (κ1) is 17.4. The van der Waals surface area contributed by atoms with Crippen molar-refractivity contribution in [3.8, 4) is 0 Å². The Morgan fingerprint density at radius 2 is 1.92 bits per heavy atom. The average molecular weight is 354 g/mol. The summed E-state index contributed by atoms with van der Waals surface area (Å²) in [4.78, 5) is 12.7. The lowest BCUT2D eigenvalue weighted by molar-refractivity contribution is -0.129. The summed E-state index contributed by atoms with van der Waals surface area (Å²) in [6.45, 7) is 0.718. The van der Waals surface area contributed by atoms with E-state index in [0.29, 0.717) is 19.4 Å². The van der Waals surface area contributed by atoms with E-state index in [9.17, 15) is 17.6 Å². The summed E-state index contributed by atoms with van der Waals surface area (Å²) in [7, 11) is -3.27. The van der Waals surface area contributed by atoms with Crippen molar-refractivity contribution in [1.82, 2.24) is 9.62 Å². The molecule has 0 unspecified atom stereocenters. The number of nitrogens with zero attached hydrogens (tertiary/aromatic N) is 1. The molecule has 1 aliphatic heterocycles. The molecule has 1 aromatic carbocycles. The van der Waals surface area contributed by atoms with E-state index in [1.54, 1.807) is 12.1 Å². The molecule has 1 saturated heterocycles. The number of rotatable bonds is 4. The highest BCUT2D eigenvalue weighted by atomic mass is 32.2. The summed E-state index contributed by atoms with van der Waals surface area (Å²) >= 11 is 0. The van der Waals surface area contributed by atoms with E-state index in [-0.39, 0.29) is 24.2 Å². The molecule has 1 N–H and O–H groups in total. The van der Waals surface area contributed by atoms with Crippen LogP contribution < -0.4 is 5.32 Å². The zero-order valence-corrected chi connectivity index (χ0v) is 14.6. The van der Waals surface area contributed by atoms with Crippen LogP contribution in [0.2, 0.25) is 0 Å². The van der Waals surface area contributed by atoms with Crippen molar-refractivity contribution in [2.24, 2.45) is 5.92 Å². The van der Waals surface area contributed by atoms with Crippen LogP contribution in [0.25, 0.3) is 0 Å². The van der Waals surface area contributed by atoms with Gasteiger partial charge in [0.2, 0.25) is 15.9 Å². The van der Waals surface area contributed by atoms with Gasteiger partial charge in [0.25, 0.3) is 0 Å². The lowest BCUT2D eigenvalue weighted by Gasteiger charge is -2.44. The van der Waals surface area contributed by atoms with Gasteiger partial charge in [-0.05, 0) is 49.8 Å². The van der Waals surface area contributed by atoms with Gasteiger partial charge in [-0.3, -0.25) is 4.79 Å². The van der Waals surface area contributed by atoms with E-state index in [0.717, 1.165) is 24.8 Å². The lowest BCUT2D eigenvalue weighted by Crippen LogP contribution is -2.54. The number of halogens is 1. The fourth-order valence-electron chi connectivity index (χ4n) is 3.58. The molecule has 0 bridgehead atoms. The number of carbonyl (C=O) groups is 1. The van der Waals surface area contributed by atoms with Gasteiger partial charge >= 0.3 is 0 Å². The van der Waals surface area contributed by atoms with Crippen LogP contribution in [0.5, 0.6) is 0 Å². The molecule has 24 heavy (non-hydrogen) atoms. The molecule has 0 radical (unpaired) electrons. The smallest absolute Gasteiger partial charge is 0.225 e. The Bertz CT molecular complexity index is 714. The largest absolute Gasteiger partial charge is 0.346 e. The SMILES string of the molecule is CS(=O)(=O)N1CCC[C@@H](C(=O)NC2(c3ccc(F)cc3)CCC2)C1. The number of nitrogens with one attached hydrogen (secondary N) is 1. The van der Waals surface area contributed by atoms with Gasteiger partial charge in [0.05, 0.1) is 17.7 Å². The third-order valence-corrected chi connectivity index (χ3v) is 6.46. The van der Waals surface area contributed by atoms with E-state index in [2.05, 4.69) is 5.32 Å². The third kappa shape index (κ3) is 3.47. The summed E-state index contributed by atoms with van der Waals surface area (Å²) in [5.74, 6) is -0.727. The highest BCUT2D eigenvalue weighted by Crippen LogP contribution is 2.41. The number of benzene rings is 1. The molecule has 3 rings (SSSR count). The van der Waals surface area contributed by atoms with Crippen LogP contribution in [0.15, 0.2) is 24.3 Å². The normalized spacial score (nSPS) is 24.2. The van der Waals surface area contributed by atoms with Crippen LogP contribution in [0.3, 0.4) is 0 Å². The molecule has 0 aromatic heterocycles. The number of piperidine rings is 1. The van der Waals surface area contributed by atoms with Crippen molar-refractivity contribution >= 4 is 15.9 Å². The Morgan fingerprint density at radius 3 is 2.46 bits per heavy atom. The minimum Gasteiger partial charge on any atom is -0.346 e. The molecule has 1 heterocycles. The Kier molecular flexibility index (Phi) is 4.66. The van der Waals surface area contributed by atoms with Gasteiger partial charge in [-0.25, -0.2) is 17.1 Å². The van der Waals surface area contributed by atoms with E-state index >= 15 is 0 Å². The highest BCUT2D eigenvalue weighted by molar-refractivity contribution is 7.88.